The Labute approximate surface area is 161 Å². The predicted molar refractivity (Wildman–Crippen MR) is 107 cm³/mol. The van der Waals surface area contributed by atoms with E-state index < -0.39 is 0 Å². The van der Waals surface area contributed by atoms with Gasteiger partial charge in [0.2, 0.25) is 0 Å². The number of rotatable bonds is 8. The zero-order valence-corrected chi connectivity index (χ0v) is 16.6. The van der Waals surface area contributed by atoms with Gasteiger partial charge in [0.1, 0.15) is 11.6 Å². The van der Waals surface area contributed by atoms with E-state index in [1.54, 1.807) is 12.3 Å². The summed E-state index contributed by atoms with van der Waals surface area (Å²) in [6.45, 7) is 9.63. The average molecular weight is 372 g/mol. The van der Waals surface area contributed by atoms with Crippen molar-refractivity contribution in [3.05, 3.63) is 59.2 Å². The summed E-state index contributed by atoms with van der Waals surface area (Å²) in [5.74, 6) is 1.14. The minimum atomic E-state index is -0.330. The second kappa shape index (κ2) is 10.5. The van der Waals surface area contributed by atoms with E-state index >= 15 is 0 Å². The molecule has 27 heavy (non-hydrogen) atoms. The summed E-state index contributed by atoms with van der Waals surface area (Å²) < 4.78 is 19.8. The van der Waals surface area contributed by atoms with Gasteiger partial charge in [-0.2, -0.15) is 0 Å². The quantitative estimate of drug-likeness (QED) is 0.544. The number of nitrogens with zero attached hydrogens (tertiary/aromatic N) is 2. The van der Waals surface area contributed by atoms with Crippen molar-refractivity contribution in [1.29, 1.82) is 0 Å². The summed E-state index contributed by atoms with van der Waals surface area (Å²) in [7, 11) is 0. The van der Waals surface area contributed by atoms with E-state index in [2.05, 4.69) is 40.5 Å². The number of ether oxygens (including phenoxy) is 1. The number of aliphatic imine (C=N–C) groups is 1. The minimum absolute atomic E-state index is 0.146. The fourth-order valence-electron chi connectivity index (χ4n) is 2.42. The minimum Gasteiger partial charge on any atom is -0.490 e. The Morgan fingerprint density at radius 3 is 2.78 bits per heavy atom. The number of halogens is 1. The molecule has 0 spiro atoms. The molecule has 0 bridgehead atoms. The summed E-state index contributed by atoms with van der Waals surface area (Å²) in [6.07, 6.45) is 2.67. The lowest BCUT2D eigenvalue weighted by atomic mass is 10.1. The fourth-order valence-corrected chi connectivity index (χ4v) is 2.42. The van der Waals surface area contributed by atoms with Crippen LogP contribution in [0.3, 0.4) is 0 Å². The van der Waals surface area contributed by atoms with Crippen molar-refractivity contribution in [2.24, 2.45) is 4.99 Å². The molecule has 0 aliphatic rings. The van der Waals surface area contributed by atoms with Crippen LogP contribution in [0.2, 0.25) is 0 Å². The third-order valence-corrected chi connectivity index (χ3v) is 4.14. The van der Waals surface area contributed by atoms with Gasteiger partial charge in [0.25, 0.3) is 0 Å². The molecule has 146 valence electrons. The molecule has 0 aliphatic heterocycles. The molecule has 2 aromatic rings. The summed E-state index contributed by atoms with van der Waals surface area (Å²) >= 11 is 0. The number of benzene rings is 1. The van der Waals surface area contributed by atoms with Crippen LogP contribution < -0.4 is 15.4 Å². The van der Waals surface area contributed by atoms with Crippen LogP contribution in [0.25, 0.3) is 0 Å². The van der Waals surface area contributed by atoms with Crippen LogP contribution in [0.4, 0.5) is 4.39 Å². The van der Waals surface area contributed by atoms with Gasteiger partial charge in [0.05, 0.1) is 24.9 Å². The standard InChI is InChI=1S/C21H29FN4O/c1-5-16(4)27-20-12-15(3)9-10-17(20)13-25-21(23-6-2)26-14-19-18(22)8-7-11-24-19/h7-12,16H,5-6,13-14H2,1-4H3,(H2,23,25,26). The van der Waals surface area contributed by atoms with Crippen LogP contribution in [0.5, 0.6) is 5.75 Å². The molecule has 0 fully saturated rings. The molecule has 0 amide bonds. The Bertz CT molecular complexity index is 764. The Morgan fingerprint density at radius 2 is 2.07 bits per heavy atom. The van der Waals surface area contributed by atoms with Gasteiger partial charge in [-0.25, -0.2) is 9.38 Å². The van der Waals surface area contributed by atoms with E-state index in [1.165, 1.54) is 6.07 Å². The highest BCUT2D eigenvalue weighted by Gasteiger charge is 2.09. The van der Waals surface area contributed by atoms with Gasteiger partial charge in [0.15, 0.2) is 5.96 Å². The predicted octanol–water partition coefficient (Wildman–Crippen LogP) is 3.96. The first-order valence-electron chi connectivity index (χ1n) is 9.41. The normalized spacial score (nSPS) is 12.6. The summed E-state index contributed by atoms with van der Waals surface area (Å²) in [4.78, 5) is 8.67. The first-order chi connectivity index (χ1) is 13.0. The highest BCUT2D eigenvalue weighted by atomic mass is 19.1. The molecular weight excluding hydrogens is 343 g/mol. The third-order valence-electron chi connectivity index (χ3n) is 4.14. The number of aromatic nitrogens is 1. The smallest absolute Gasteiger partial charge is 0.191 e. The van der Waals surface area contributed by atoms with Crippen molar-refractivity contribution >= 4 is 5.96 Å². The monoisotopic (exact) mass is 372 g/mol. The molecule has 0 saturated heterocycles. The van der Waals surface area contributed by atoms with Gasteiger partial charge < -0.3 is 15.4 Å². The highest BCUT2D eigenvalue weighted by molar-refractivity contribution is 5.79. The van der Waals surface area contributed by atoms with Gasteiger partial charge in [-0.3, -0.25) is 4.98 Å². The van der Waals surface area contributed by atoms with Crippen molar-refractivity contribution in [2.45, 2.75) is 53.3 Å². The first kappa shape index (κ1) is 20.7. The topological polar surface area (TPSA) is 58.5 Å². The van der Waals surface area contributed by atoms with E-state index in [0.29, 0.717) is 24.7 Å². The largest absolute Gasteiger partial charge is 0.490 e. The van der Waals surface area contributed by atoms with Gasteiger partial charge >= 0.3 is 0 Å². The summed E-state index contributed by atoms with van der Waals surface area (Å²) in [6, 6.07) is 9.12. The number of pyridine rings is 1. The molecule has 1 heterocycles. The number of nitrogens with one attached hydrogen (secondary N) is 2. The zero-order chi connectivity index (χ0) is 19.6. The maximum Gasteiger partial charge on any atom is 0.191 e. The fraction of sp³-hybridized carbons (Fsp3) is 0.429. The van der Waals surface area contributed by atoms with Crippen LogP contribution in [0, 0.1) is 12.7 Å². The van der Waals surface area contributed by atoms with E-state index in [-0.39, 0.29) is 18.5 Å². The van der Waals surface area contributed by atoms with Crippen LogP contribution in [0.15, 0.2) is 41.5 Å². The highest BCUT2D eigenvalue weighted by Crippen LogP contribution is 2.23. The van der Waals surface area contributed by atoms with Crippen LogP contribution in [-0.2, 0) is 13.1 Å². The van der Waals surface area contributed by atoms with Crippen molar-refractivity contribution < 1.29 is 9.13 Å². The number of aryl methyl sites for hydroxylation is 1. The Hall–Kier alpha value is -2.63. The number of hydrogen-bond acceptors (Lipinski definition) is 3. The second-order valence-corrected chi connectivity index (χ2v) is 6.43. The maximum absolute atomic E-state index is 13.7. The number of guanidine groups is 1. The van der Waals surface area contributed by atoms with Crippen molar-refractivity contribution in [3.8, 4) is 5.75 Å². The molecule has 2 N–H and O–H groups in total. The Balaban J connectivity index is 2.11. The molecule has 2 rings (SSSR count). The zero-order valence-electron chi connectivity index (χ0n) is 16.6. The maximum atomic E-state index is 13.7. The molecule has 1 aromatic heterocycles. The van der Waals surface area contributed by atoms with E-state index in [0.717, 1.165) is 23.3 Å². The van der Waals surface area contributed by atoms with E-state index in [4.69, 9.17) is 4.74 Å². The van der Waals surface area contributed by atoms with Gasteiger partial charge in [-0.05, 0) is 51.0 Å². The number of hydrogen-bond donors (Lipinski definition) is 2. The molecule has 6 heteroatoms. The molecular formula is C21H29FN4O. The molecule has 1 atom stereocenters. The van der Waals surface area contributed by atoms with E-state index in [1.807, 2.05) is 26.0 Å². The van der Waals surface area contributed by atoms with Crippen molar-refractivity contribution in [2.75, 3.05) is 6.54 Å². The summed E-state index contributed by atoms with van der Waals surface area (Å²) in [5.41, 5.74) is 2.53. The van der Waals surface area contributed by atoms with E-state index in [9.17, 15) is 4.39 Å². The molecule has 1 unspecified atom stereocenters. The summed E-state index contributed by atoms with van der Waals surface area (Å²) in [5, 5.41) is 6.30. The Kier molecular flexibility index (Phi) is 8.04. The van der Waals surface area contributed by atoms with Crippen LogP contribution >= 0.6 is 0 Å². The lowest BCUT2D eigenvalue weighted by molar-refractivity contribution is 0.215. The lowest BCUT2D eigenvalue weighted by Crippen LogP contribution is -2.37. The van der Waals surface area contributed by atoms with Crippen LogP contribution in [-0.4, -0.2) is 23.6 Å². The van der Waals surface area contributed by atoms with Gasteiger partial charge in [0, 0.05) is 18.3 Å². The molecule has 5 nitrogen and oxygen atoms in total. The SMILES string of the molecule is CCNC(=NCc1ccc(C)cc1OC(C)CC)NCc1ncccc1F. The van der Waals surface area contributed by atoms with Gasteiger partial charge in [-0.15, -0.1) is 0 Å². The first-order valence-corrected chi connectivity index (χ1v) is 9.41. The van der Waals surface area contributed by atoms with Crippen molar-refractivity contribution in [1.82, 2.24) is 15.6 Å². The van der Waals surface area contributed by atoms with Crippen molar-refractivity contribution in [3.63, 3.8) is 0 Å². The van der Waals surface area contributed by atoms with Gasteiger partial charge in [-0.1, -0.05) is 19.1 Å². The molecule has 0 aliphatic carbocycles. The Morgan fingerprint density at radius 1 is 1.26 bits per heavy atom. The van der Waals surface area contributed by atoms with Crippen LogP contribution in [0.1, 0.15) is 44.0 Å². The average Bonchev–Trinajstić information content (AvgIpc) is 2.66. The third kappa shape index (κ3) is 6.55. The molecule has 0 saturated carbocycles. The molecule has 1 aromatic carbocycles. The molecule has 0 radical (unpaired) electrons. The second-order valence-electron chi connectivity index (χ2n) is 6.43. The lowest BCUT2D eigenvalue weighted by Gasteiger charge is -2.17.